The fourth-order valence-corrected chi connectivity index (χ4v) is 4.65. The van der Waals surface area contributed by atoms with Gasteiger partial charge in [0, 0.05) is 54.1 Å². The summed E-state index contributed by atoms with van der Waals surface area (Å²) in [6.45, 7) is 0.237. The Kier molecular flexibility index (Phi) is 4.52. The molecule has 5 rings (SSSR count). The van der Waals surface area contributed by atoms with Gasteiger partial charge in [0.25, 0.3) is 11.8 Å². The molecule has 7 nitrogen and oxygen atoms in total. The third-order valence-electron chi connectivity index (χ3n) is 6.02. The number of nitrogens with zero attached hydrogens (tertiary/aromatic N) is 4. The monoisotopic (exact) mass is 400 g/mol. The van der Waals surface area contributed by atoms with E-state index in [4.69, 9.17) is 0 Å². The van der Waals surface area contributed by atoms with Crippen molar-refractivity contribution in [3.63, 3.8) is 0 Å². The first-order chi connectivity index (χ1) is 14.7. The summed E-state index contributed by atoms with van der Waals surface area (Å²) < 4.78 is 0. The maximum absolute atomic E-state index is 13.3. The molecule has 2 aliphatic heterocycles. The number of aliphatic hydroxyl groups is 1. The predicted molar refractivity (Wildman–Crippen MR) is 110 cm³/mol. The normalized spacial score (nSPS) is 22.0. The molecule has 0 spiro atoms. The van der Waals surface area contributed by atoms with Crippen molar-refractivity contribution in [1.29, 1.82) is 0 Å². The molecule has 0 aliphatic carbocycles. The van der Waals surface area contributed by atoms with Crippen LogP contribution in [0, 0.1) is 0 Å². The number of para-hydroxylation sites is 1. The van der Waals surface area contributed by atoms with Crippen molar-refractivity contribution in [3.05, 3.63) is 90.0 Å². The number of carbonyl (C=O) groups is 2. The maximum Gasteiger partial charge on any atom is 0.258 e. The lowest BCUT2D eigenvalue weighted by atomic mass is 9.71. The summed E-state index contributed by atoms with van der Waals surface area (Å²) in [5.74, 6) is -0.307. The van der Waals surface area contributed by atoms with E-state index in [0.717, 1.165) is 11.3 Å². The molecule has 1 aromatic carbocycles. The van der Waals surface area contributed by atoms with E-state index in [2.05, 4.69) is 9.97 Å². The lowest BCUT2D eigenvalue weighted by molar-refractivity contribution is -0.0246. The van der Waals surface area contributed by atoms with Gasteiger partial charge in [0.15, 0.2) is 0 Å². The number of carbonyl (C=O) groups excluding carboxylic acids is 2. The highest BCUT2D eigenvalue weighted by molar-refractivity contribution is 6.07. The van der Waals surface area contributed by atoms with Gasteiger partial charge in [-0.3, -0.25) is 19.6 Å². The van der Waals surface area contributed by atoms with Crippen LogP contribution >= 0.6 is 0 Å². The van der Waals surface area contributed by atoms with Crippen LogP contribution in [0.3, 0.4) is 0 Å². The molecule has 150 valence electrons. The second-order valence-corrected chi connectivity index (χ2v) is 7.50. The molecule has 3 aromatic rings. The van der Waals surface area contributed by atoms with Crippen LogP contribution in [0.4, 0.5) is 5.69 Å². The van der Waals surface area contributed by atoms with Crippen LogP contribution < -0.4 is 4.90 Å². The molecule has 0 saturated carbocycles. The second-order valence-electron chi connectivity index (χ2n) is 7.50. The minimum absolute atomic E-state index is 0.0153. The van der Waals surface area contributed by atoms with Gasteiger partial charge in [-0.25, -0.2) is 0 Å². The Balaban J connectivity index is 1.54. The summed E-state index contributed by atoms with van der Waals surface area (Å²) in [4.78, 5) is 37.9. The van der Waals surface area contributed by atoms with Crippen molar-refractivity contribution < 1.29 is 14.7 Å². The van der Waals surface area contributed by atoms with Crippen LogP contribution in [0.15, 0.2) is 73.3 Å². The van der Waals surface area contributed by atoms with Gasteiger partial charge >= 0.3 is 0 Å². The van der Waals surface area contributed by atoms with Crippen molar-refractivity contribution >= 4 is 17.5 Å². The van der Waals surface area contributed by atoms with Crippen LogP contribution in [0.5, 0.6) is 0 Å². The van der Waals surface area contributed by atoms with Crippen LogP contribution in [0.2, 0.25) is 0 Å². The third-order valence-corrected chi connectivity index (χ3v) is 6.02. The number of hydrogen-bond acceptors (Lipinski definition) is 5. The van der Waals surface area contributed by atoms with E-state index >= 15 is 0 Å². The fourth-order valence-electron chi connectivity index (χ4n) is 4.65. The van der Waals surface area contributed by atoms with Gasteiger partial charge in [0.05, 0.1) is 18.7 Å². The Morgan fingerprint density at radius 3 is 2.13 bits per heavy atom. The zero-order chi connectivity index (χ0) is 20.7. The van der Waals surface area contributed by atoms with Gasteiger partial charge in [-0.1, -0.05) is 18.2 Å². The first kappa shape index (κ1) is 18.4. The Hall–Kier alpha value is -3.58. The second kappa shape index (κ2) is 7.35. The Morgan fingerprint density at radius 1 is 0.900 bits per heavy atom. The van der Waals surface area contributed by atoms with Crippen molar-refractivity contribution in [1.82, 2.24) is 14.9 Å². The minimum Gasteiger partial charge on any atom is -0.394 e. The molecule has 1 fully saturated rings. The number of aliphatic hydroxyl groups excluding tert-OH is 1. The largest absolute Gasteiger partial charge is 0.394 e. The average Bonchev–Trinajstić information content (AvgIpc) is 2.80. The number of rotatable bonds is 3. The molecule has 2 amide bonds. The van der Waals surface area contributed by atoms with Crippen LogP contribution in [0.25, 0.3) is 0 Å². The number of anilines is 1. The quantitative estimate of drug-likeness (QED) is 0.728. The number of pyridine rings is 2. The SMILES string of the molecule is O=C(c1ccncc1)N1C[C@H]2[C@@H](c3ccccc31)[C@H](CO)N2C(=O)c1ccncc1. The van der Waals surface area contributed by atoms with Crippen LogP contribution in [-0.4, -0.2) is 57.0 Å². The van der Waals surface area contributed by atoms with Gasteiger partial charge in [-0.05, 0) is 35.9 Å². The third kappa shape index (κ3) is 2.78. The molecular formula is C23H20N4O3. The summed E-state index contributed by atoms with van der Waals surface area (Å²) in [5, 5.41) is 10.1. The van der Waals surface area contributed by atoms with Gasteiger partial charge in [0.2, 0.25) is 0 Å². The topological polar surface area (TPSA) is 86.6 Å². The highest BCUT2D eigenvalue weighted by Gasteiger charge is 2.55. The molecule has 0 radical (unpaired) electrons. The molecule has 30 heavy (non-hydrogen) atoms. The maximum atomic E-state index is 13.3. The standard InChI is InChI=1S/C23H20N4O3/c28-14-20-21-17-3-1-2-4-18(17)26(22(29)15-5-9-24-10-6-15)13-19(21)27(20)23(30)16-7-11-25-12-8-16/h1-12,19-21,28H,13-14H2/t19-,20-,21+/m0/s1. The first-order valence-electron chi connectivity index (χ1n) is 9.85. The van der Waals surface area contributed by atoms with E-state index in [1.54, 1.807) is 58.9 Å². The van der Waals surface area contributed by atoms with E-state index in [1.807, 2.05) is 24.3 Å². The van der Waals surface area contributed by atoms with Gasteiger partial charge in [-0.15, -0.1) is 0 Å². The molecule has 1 N–H and O–H groups in total. The predicted octanol–water partition coefficient (Wildman–Crippen LogP) is 2.11. The Labute approximate surface area is 173 Å². The van der Waals surface area contributed by atoms with Crippen LogP contribution in [0.1, 0.15) is 32.2 Å². The van der Waals surface area contributed by atoms with E-state index in [-0.39, 0.29) is 36.4 Å². The summed E-state index contributed by atoms with van der Waals surface area (Å²) in [6, 6.07) is 13.9. The number of hydrogen-bond donors (Lipinski definition) is 1. The number of likely N-dealkylation sites (tertiary alicyclic amines) is 1. The molecule has 2 aliphatic rings. The molecule has 1 saturated heterocycles. The zero-order valence-electron chi connectivity index (χ0n) is 16.1. The van der Waals surface area contributed by atoms with Crippen LogP contribution in [-0.2, 0) is 0 Å². The summed E-state index contributed by atoms with van der Waals surface area (Å²) in [7, 11) is 0. The Bertz CT molecular complexity index is 1090. The van der Waals surface area contributed by atoms with Gasteiger partial charge in [-0.2, -0.15) is 0 Å². The highest BCUT2D eigenvalue weighted by atomic mass is 16.3. The van der Waals surface area contributed by atoms with E-state index < -0.39 is 0 Å². The molecule has 7 heteroatoms. The van der Waals surface area contributed by atoms with Crippen molar-refractivity contribution in [2.24, 2.45) is 0 Å². The molecule has 2 aromatic heterocycles. The van der Waals surface area contributed by atoms with Gasteiger partial charge < -0.3 is 14.9 Å². The minimum atomic E-state index is -0.324. The van der Waals surface area contributed by atoms with Crippen molar-refractivity contribution in [2.75, 3.05) is 18.1 Å². The zero-order valence-corrected chi connectivity index (χ0v) is 16.1. The molecule has 3 atom stereocenters. The first-order valence-corrected chi connectivity index (χ1v) is 9.85. The molecular weight excluding hydrogens is 380 g/mol. The Morgan fingerprint density at radius 2 is 1.50 bits per heavy atom. The highest BCUT2D eigenvalue weighted by Crippen LogP contribution is 2.48. The summed E-state index contributed by atoms with van der Waals surface area (Å²) in [5.41, 5.74) is 2.88. The van der Waals surface area contributed by atoms with E-state index in [0.29, 0.717) is 17.7 Å². The number of fused-ring (bicyclic) bond motifs is 3. The van der Waals surface area contributed by atoms with E-state index in [1.165, 1.54) is 0 Å². The van der Waals surface area contributed by atoms with Gasteiger partial charge in [0.1, 0.15) is 0 Å². The molecule has 0 unspecified atom stereocenters. The smallest absolute Gasteiger partial charge is 0.258 e. The lowest BCUT2D eigenvalue weighted by Gasteiger charge is -2.58. The number of aromatic nitrogens is 2. The van der Waals surface area contributed by atoms with E-state index in [9.17, 15) is 14.7 Å². The summed E-state index contributed by atoms with van der Waals surface area (Å²) >= 11 is 0. The average molecular weight is 400 g/mol. The van der Waals surface area contributed by atoms with Crippen molar-refractivity contribution in [3.8, 4) is 0 Å². The molecule has 0 bridgehead atoms. The summed E-state index contributed by atoms with van der Waals surface area (Å²) in [6.07, 6.45) is 6.34. The number of benzene rings is 1. The van der Waals surface area contributed by atoms with Crippen molar-refractivity contribution in [2.45, 2.75) is 18.0 Å². The molecule has 4 heterocycles. The lowest BCUT2D eigenvalue weighted by Crippen LogP contribution is -2.70. The fraction of sp³-hybridized carbons (Fsp3) is 0.217. The number of amides is 2.